The van der Waals surface area contributed by atoms with E-state index in [4.69, 9.17) is 47.0 Å². The lowest BCUT2D eigenvalue weighted by Gasteiger charge is -2.47. The Kier molecular flexibility index (Phi) is 16.2. The van der Waals surface area contributed by atoms with E-state index >= 15 is 0 Å². The second kappa shape index (κ2) is 21.1. The first-order valence-corrected chi connectivity index (χ1v) is 21.4. The van der Waals surface area contributed by atoms with E-state index in [-0.39, 0.29) is 34.6 Å². The van der Waals surface area contributed by atoms with Crippen LogP contribution in [-0.2, 0) is 44.4 Å². The molecule has 9 N–H and O–H groups in total. The van der Waals surface area contributed by atoms with Crippen molar-refractivity contribution < 1.29 is 103 Å². The molecule has 370 valence electrons. The molecule has 6 rings (SSSR count). The van der Waals surface area contributed by atoms with E-state index in [0.717, 1.165) is 32.4 Å². The average molecular weight is 951 g/mol. The molecule has 3 fully saturated rings. The minimum absolute atomic E-state index is 0.00364. The van der Waals surface area contributed by atoms with Crippen LogP contribution in [0.4, 0.5) is 0 Å². The maximum atomic E-state index is 14.9. The van der Waals surface area contributed by atoms with Gasteiger partial charge in [-0.05, 0) is 58.4 Å². The summed E-state index contributed by atoms with van der Waals surface area (Å²) in [6.07, 6.45) is -19.2. The van der Waals surface area contributed by atoms with E-state index < -0.39 is 146 Å². The highest BCUT2D eigenvalue weighted by Gasteiger charge is 2.54. The van der Waals surface area contributed by atoms with Crippen molar-refractivity contribution in [2.24, 2.45) is 5.92 Å². The Balaban J connectivity index is 1.43. The zero-order valence-electron chi connectivity index (χ0n) is 37.7. The van der Waals surface area contributed by atoms with Gasteiger partial charge in [0, 0.05) is 31.0 Å². The van der Waals surface area contributed by atoms with Crippen LogP contribution in [0, 0.1) is 5.92 Å². The van der Waals surface area contributed by atoms with Crippen LogP contribution in [0.25, 0.3) is 22.3 Å². The SMILES string of the molecule is COc1ccc(-c2oc3c(CC=C(C)C)c(OC4OC(CO)C(O)C(O)C4O)cc(O)c3c(=O)c2OC2OC(C)C(OC(C)=O)C(COC3OC(COC(C)=O)C(O)C(O)C3(C)O)C2O)cc1. The Morgan fingerprint density at radius 2 is 1.51 bits per heavy atom. The number of hydrogen-bond acceptors (Lipinski definition) is 22. The molecule has 1 aromatic heterocycles. The fraction of sp³-hybridized carbons (Fsp3) is 0.578. The zero-order chi connectivity index (χ0) is 49.2. The number of esters is 2. The quantitative estimate of drug-likeness (QED) is 0.0696. The van der Waals surface area contributed by atoms with Gasteiger partial charge in [0.25, 0.3) is 0 Å². The molecule has 0 spiro atoms. The minimum atomic E-state index is -2.27. The first kappa shape index (κ1) is 51.4. The molecule has 3 aliphatic rings. The van der Waals surface area contributed by atoms with Gasteiger partial charge in [-0.2, -0.15) is 0 Å². The number of phenolic OH excluding ortho intramolecular Hbond substituents is 1. The van der Waals surface area contributed by atoms with Crippen LogP contribution in [-0.4, -0.2) is 170 Å². The van der Waals surface area contributed by atoms with Crippen molar-refractivity contribution in [3.05, 3.63) is 57.8 Å². The number of rotatable bonds is 15. The second-order valence-corrected chi connectivity index (χ2v) is 17.1. The summed E-state index contributed by atoms with van der Waals surface area (Å²) in [7, 11) is 1.44. The first-order chi connectivity index (χ1) is 31.6. The molecule has 2 aromatic carbocycles. The Morgan fingerprint density at radius 3 is 2.12 bits per heavy atom. The summed E-state index contributed by atoms with van der Waals surface area (Å²) in [5, 5.41) is 97.3. The van der Waals surface area contributed by atoms with Gasteiger partial charge in [-0.3, -0.25) is 14.4 Å². The van der Waals surface area contributed by atoms with Crippen LogP contribution in [0.15, 0.2) is 51.2 Å². The number of hydrogen-bond donors (Lipinski definition) is 9. The van der Waals surface area contributed by atoms with Gasteiger partial charge >= 0.3 is 11.9 Å². The molecule has 0 amide bonds. The number of ether oxygens (including phenoxy) is 9. The van der Waals surface area contributed by atoms with Crippen molar-refractivity contribution in [2.75, 3.05) is 26.9 Å². The normalized spacial score (nSPS) is 33.1. The molecule has 3 aromatic rings. The Labute approximate surface area is 383 Å². The van der Waals surface area contributed by atoms with Crippen LogP contribution < -0.4 is 19.6 Å². The Hall–Kier alpha value is -4.95. The van der Waals surface area contributed by atoms with Gasteiger partial charge in [0.2, 0.25) is 23.8 Å². The summed E-state index contributed by atoms with van der Waals surface area (Å²) in [6.45, 7) is 6.58. The lowest BCUT2D eigenvalue weighted by atomic mass is 9.87. The predicted molar refractivity (Wildman–Crippen MR) is 228 cm³/mol. The molecule has 3 aliphatic heterocycles. The fourth-order valence-electron chi connectivity index (χ4n) is 8.00. The largest absolute Gasteiger partial charge is 0.507 e. The third-order valence-electron chi connectivity index (χ3n) is 11.8. The number of carbonyl (C=O) groups is 2. The molecule has 67 heavy (non-hydrogen) atoms. The van der Waals surface area contributed by atoms with E-state index in [2.05, 4.69) is 0 Å². The molecule has 22 nitrogen and oxygen atoms in total. The number of aliphatic hydroxyl groups is 8. The molecule has 15 atom stereocenters. The topological polar surface area (TPSA) is 329 Å². The monoisotopic (exact) mass is 950 g/mol. The number of allylic oxidation sites excluding steroid dienone is 2. The highest BCUT2D eigenvalue weighted by molar-refractivity contribution is 5.91. The predicted octanol–water partition coefficient (Wildman–Crippen LogP) is -0.329. The smallest absolute Gasteiger partial charge is 0.303 e. The van der Waals surface area contributed by atoms with E-state index in [1.165, 1.54) is 26.2 Å². The van der Waals surface area contributed by atoms with Crippen molar-refractivity contribution in [1.29, 1.82) is 0 Å². The van der Waals surface area contributed by atoms with Crippen LogP contribution in [0.2, 0.25) is 0 Å². The van der Waals surface area contributed by atoms with Crippen LogP contribution in [0.5, 0.6) is 23.0 Å². The summed E-state index contributed by atoms with van der Waals surface area (Å²) >= 11 is 0. The molecule has 0 saturated carbocycles. The van der Waals surface area contributed by atoms with Crippen molar-refractivity contribution >= 4 is 22.9 Å². The highest BCUT2D eigenvalue weighted by atomic mass is 16.7. The summed E-state index contributed by atoms with van der Waals surface area (Å²) in [5.41, 5.74) is -2.29. The number of carbonyl (C=O) groups excluding carboxylic acids is 2. The van der Waals surface area contributed by atoms with Gasteiger partial charge in [-0.1, -0.05) is 11.6 Å². The summed E-state index contributed by atoms with van der Waals surface area (Å²) in [6, 6.07) is 7.23. The van der Waals surface area contributed by atoms with Crippen molar-refractivity contribution in [1.82, 2.24) is 0 Å². The number of phenols is 1. The summed E-state index contributed by atoms with van der Waals surface area (Å²) in [4.78, 5) is 38.8. The summed E-state index contributed by atoms with van der Waals surface area (Å²) < 4.78 is 57.9. The number of benzene rings is 2. The molecule has 0 radical (unpaired) electrons. The van der Waals surface area contributed by atoms with Gasteiger partial charge < -0.3 is 93.0 Å². The minimum Gasteiger partial charge on any atom is -0.507 e. The van der Waals surface area contributed by atoms with Gasteiger partial charge in [0.1, 0.15) is 95.4 Å². The third-order valence-corrected chi connectivity index (χ3v) is 11.8. The van der Waals surface area contributed by atoms with Gasteiger partial charge in [0.15, 0.2) is 12.1 Å². The third kappa shape index (κ3) is 10.9. The number of aliphatic hydroxyl groups excluding tert-OH is 7. The second-order valence-electron chi connectivity index (χ2n) is 17.1. The molecular formula is C45H58O22. The van der Waals surface area contributed by atoms with E-state index in [0.29, 0.717) is 5.75 Å². The Bertz CT molecular complexity index is 2300. The molecule has 3 saturated heterocycles. The van der Waals surface area contributed by atoms with Crippen LogP contribution in [0.1, 0.15) is 47.1 Å². The van der Waals surface area contributed by atoms with Crippen molar-refractivity contribution in [2.45, 2.75) is 133 Å². The van der Waals surface area contributed by atoms with E-state index in [1.807, 2.05) is 0 Å². The molecule has 0 bridgehead atoms. The average Bonchev–Trinajstić information content (AvgIpc) is 3.27. The van der Waals surface area contributed by atoms with Gasteiger partial charge in [0.05, 0.1) is 32.3 Å². The Morgan fingerprint density at radius 1 is 0.836 bits per heavy atom. The molecule has 0 aliphatic carbocycles. The maximum absolute atomic E-state index is 14.9. The number of aromatic hydroxyl groups is 1. The van der Waals surface area contributed by atoms with E-state index in [1.54, 1.807) is 32.1 Å². The van der Waals surface area contributed by atoms with Crippen LogP contribution in [0.3, 0.4) is 0 Å². The van der Waals surface area contributed by atoms with Gasteiger partial charge in [-0.25, -0.2) is 0 Å². The number of fused-ring (bicyclic) bond motifs is 1. The fourth-order valence-corrected chi connectivity index (χ4v) is 8.00. The lowest BCUT2D eigenvalue weighted by Crippen LogP contribution is -2.66. The highest BCUT2D eigenvalue weighted by Crippen LogP contribution is 2.43. The van der Waals surface area contributed by atoms with Crippen LogP contribution >= 0.6 is 0 Å². The van der Waals surface area contributed by atoms with E-state index in [9.17, 15) is 60.3 Å². The van der Waals surface area contributed by atoms with Crippen molar-refractivity contribution in [3.8, 4) is 34.3 Å². The first-order valence-electron chi connectivity index (χ1n) is 21.4. The van der Waals surface area contributed by atoms with Crippen molar-refractivity contribution in [3.63, 3.8) is 0 Å². The molecule has 15 unspecified atom stereocenters. The molecule has 22 heteroatoms. The lowest BCUT2D eigenvalue weighted by molar-refractivity contribution is -0.345. The standard InChI is InChI=1S/C45H58O22/c1-18(2)8-13-24-27(63-43-36(55)35(54)32(51)28(15-46)64-43)14-26(49)30-34(53)40(38(66-39(24)30)22-9-11-23(58-7)12-10-22)67-42-31(50)25(37(19(3)61-42)62-21(5)48)16-60-44-45(6,57)41(56)33(52)29(65-44)17-59-20(4)47/h8-12,14,19,25,28-29,31-33,35-37,41-44,46,49-52,54-57H,13,15-17H2,1-7H3. The molecular weight excluding hydrogens is 892 g/mol. The zero-order valence-corrected chi connectivity index (χ0v) is 37.7. The maximum Gasteiger partial charge on any atom is 0.303 e. The molecule has 4 heterocycles. The number of methoxy groups -OCH3 is 1. The van der Waals surface area contributed by atoms with Gasteiger partial charge in [-0.15, -0.1) is 0 Å². The summed E-state index contributed by atoms with van der Waals surface area (Å²) in [5.74, 6) is -4.06.